The number of thiophene rings is 1. The summed E-state index contributed by atoms with van der Waals surface area (Å²) in [5.74, 6) is -5.66. The Hall–Kier alpha value is -5.77. The third-order valence-corrected chi connectivity index (χ3v) is 7.37. The number of hydrogen-bond acceptors (Lipinski definition) is 9. The van der Waals surface area contributed by atoms with E-state index < -0.39 is 64.0 Å². The molecule has 45 heavy (non-hydrogen) atoms. The number of para-hydroxylation sites is 1. The molecular weight excluding hydrogens is 623 g/mol. The summed E-state index contributed by atoms with van der Waals surface area (Å²) >= 11 is 0.570. The third kappa shape index (κ3) is 5.90. The fourth-order valence-electron chi connectivity index (χ4n) is 4.32. The van der Waals surface area contributed by atoms with E-state index in [1.807, 2.05) is 0 Å². The fraction of sp³-hybridized carbons (Fsp3) is 0.103. The second-order valence-corrected chi connectivity index (χ2v) is 10.0. The average Bonchev–Trinajstić information content (AvgIpc) is 3.37. The van der Waals surface area contributed by atoms with E-state index in [0.29, 0.717) is 15.9 Å². The number of methoxy groups -OCH3 is 2. The summed E-state index contributed by atoms with van der Waals surface area (Å²) in [5.41, 5.74) is -4.12. The number of aromatic amines is 1. The molecule has 0 atom stereocenters. The van der Waals surface area contributed by atoms with Crippen molar-refractivity contribution in [3.8, 4) is 28.7 Å². The van der Waals surface area contributed by atoms with Crippen LogP contribution < -0.4 is 35.5 Å². The molecule has 0 bridgehead atoms. The number of anilines is 1. The number of benzene rings is 3. The first-order chi connectivity index (χ1) is 21.5. The fourth-order valence-corrected chi connectivity index (χ4v) is 5.38. The van der Waals surface area contributed by atoms with Crippen molar-refractivity contribution < 1.29 is 46.8 Å². The van der Waals surface area contributed by atoms with Gasteiger partial charge in [-0.3, -0.25) is 15.1 Å². The monoisotopic (exact) mass is 643 g/mol. The molecule has 2 heterocycles. The van der Waals surface area contributed by atoms with Crippen molar-refractivity contribution >= 4 is 38.6 Å². The van der Waals surface area contributed by atoms with Gasteiger partial charge < -0.3 is 24.1 Å². The molecule has 5 aromatic rings. The van der Waals surface area contributed by atoms with Gasteiger partial charge in [0.25, 0.3) is 5.56 Å². The molecule has 1 amide bonds. The van der Waals surface area contributed by atoms with Crippen LogP contribution in [0.3, 0.4) is 0 Å². The van der Waals surface area contributed by atoms with Gasteiger partial charge in [-0.2, -0.15) is 0 Å². The molecule has 0 unspecified atom stereocenters. The minimum Gasteiger partial charge on any atom is -0.496 e. The van der Waals surface area contributed by atoms with E-state index in [2.05, 4.69) is 10.3 Å². The van der Waals surface area contributed by atoms with E-state index in [1.54, 1.807) is 18.2 Å². The number of carboxylic acid groups (broad SMARTS) is 1. The number of aromatic nitrogens is 2. The Morgan fingerprint density at radius 1 is 0.956 bits per heavy atom. The molecule has 0 saturated heterocycles. The summed E-state index contributed by atoms with van der Waals surface area (Å²) < 4.78 is 64.9. The van der Waals surface area contributed by atoms with Crippen LogP contribution in [0.25, 0.3) is 15.9 Å². The Labute approximate surface area is 253 Å². The Morgan fingerprint density at radius 2 is 1.67 bits per heavy atom. The van der Waals surface area contributed by atoms with Gasteiger partial charge in [-0.25, -0.2) is 32.1 Å². The van der Waals surface area contributed by atoms with Crippen LogP contribution in [0.1, 0.15) is 15.9 Å². The Bertz CT molecular complexity index is 2080. The van der Waals surface area contributed by atoms with Gasteiger partial charge >= 0.3 is 17.8 Å². The van der Waals surface area contributed by atoms with Gasteiger partial charge in [-0.05, 0) is 24.3 Å². The number of hydrogen-bond donors (Lipinski definition) is 3. The van der Waals surface area contributed by atoms with Crippen molar-refractivity contribution in [3.63, 3.8) is 0 Å². The zero-order valence-corrected chi connectivity index (χ0v) is 23.9. The molecule has 0 aliphatic heterocycles. The minimum atomic E-state index is -1.64. The molecule has 16 heteroatoms. The highest BCUT2D eigenvalue weighted by Crippen LogP contribution is 2.35. The standard InChI is InChI=1S/C29H20F3N3O9S/c1-41-18-9-8-15(30)23(32)14(18)12-43-20-11-17(16(31)10-19(20)42-2)35-26(36)21-22(27(37)38)25(45-24(21)33-28(35)39)34-29(40)44-13-6-4-3-5-7-13/h3-11H,12H2,1-2H3,(H,33,39)(H,34,40)(H,37,38). The lowest BCUT2D eigenvalue weighted by atomic mass is 10.2. The average molecular weight is 644 g/mol. The molecule has 0 aliphatic rings. The van der Waals surface area contributed by atoms with Gasteiger partial charge in [0.1, 0.15) is 33.5 Å². The molecule has 0 fully saturated rings. The van der Waals surface area contributed by atoms with Crippen molar-refractivity contribution in [2.24, 2.45) is 0 Å². The number of carbonyl (C=O) groups excluding carboxylic acids is 1. The third-order valence-electron chi connectivity index (χ3n) is 6.35. The first-order valence-corrected chi connectivity index (χ1v) is 13.5. The predicted octanol–water partition coefficient (Wildman–Crippen LogP) is 5.06. The second-order valence-electron chi connectivity index (χ2n) is 9.00. The van der Waals surface area contributed by atoms with Crippen LogP contribution in [0.4, 0.5) is 23.0 Å². The maximum atomic E-state index is 15.3. The SMILES string of the molecule is COc1cc(F)c(-n2c(=O)[nH]c3sc(NC(=O)Oc4ccccc4)c(C(=O)O)c3c2=O)cc1OCc1c(OC)ccc(F)c1F. The quantitative estimate of drug-likeness (QED) is 0.200. The molecule has 5 rings (SSSR count). The number of carbonyl (C=O) groups is 2. The number of halogens is 3. The van der Waals surface area contributed by atoms with E-state index in [0.717, 1.165) is 25.3 Å². The summed E-state index contributed by atoms with van der Waals surface area (Å²) in [6, 6.07) is 11.5. The number of H-pyrrole nitrogens is 1. The number of ether oxygens (including phenoxy) is 4. The minimum absolute atomic E-state index is 0.0518. The number of nitrogens with zero attached hydrogens (tertiary/aromatic N) is 1. The summed E-state index contributed by atoms with van der Waals surface area (Å²) in [7, 11) is 2.39. The van der Waals surface area contributed by atoms with E-state index in [9.17, 15) is 33.1 Å². The van der Waals surface area contributed by atoms with Crippen molar-refractivity contribution in [3.05, 3.63) is 104 Å². The molecule has 0 aliphatic carbocycles. The van der Waals surface area contributed by atoms with Crippen molar-refractivity contribution in [1.82, 2.24) is 9.55 Å². The van der Waals surface area contributed by atoms with E-state index >= 15 is 4.39 Å². The van der Waals surface area contributed by atoms with Crippen molar-refractivity contribution in [2.45, 2.75) is 6.61 Å². The molecule has 0 radical (unpaired) electrons. The topological polar surface area (TPSA) is 158 Å². The number of fused-ring (bicyclic) bond motifs is 1. The lowest BCUT2D eigenvalue weighted by Crippen LogP contribution is -2.34. The summed E-state index contributed by atoms with van der Waals surface area (Å²) in [6.07, 6.45) is -1.08. The first-order valence-electron chi connectivity index (χ1n) is 12.6. The Morgan fingerprint density at radius 3 is 2.33 bits per heavy atom. The van der Waals surface area contributed by atoms with Crippen LogP contribution in [-0.2, 0) is 6.61 Å². The van der Waals surface area contributed by atoms with Gasteiger partial charge in [0.2, 0.25) is 0 Å². The maximum Gasteiger partial charge on any atom is 0.417 e. The summed E-state index contributed by atoms with van der Waals surface area (Å²) in [4.78, 5) is 53.5. The van der Waals surface area contributed by atoms with Gasteiger partial charge in [0.05, 0.1) is 30.9 Å². The number of nitrogens with one attached hydrogen (secondary N) is 2. The summed E-state index contributed by atoms with van der Waals surface area (Å²) in [5, 5.41) is 11.3. The Balaban J connectivity index is 1.58. The molecule has 232 valence electrons. The number of carboxylic acids is 1. The highest BCUT2D eigenvalue weighted by Gasteiger charge is 2.27. The van der Waals surface area contributed by atoms with E-state index in [1.165, 1.54) is 25.3 Å². The summed E-state index contributed by atoms with van der Waals surface area (Å²) in [6.45, 7) is -0.639. The number of rotatable bonds is 9. The van der Waals surface area contributed by atoms with Crippen LogP contribution in [0.5, 0.6) is 23.0 Å². The zero-order valence-electron chi connectivity index (χ0n) is 23.1. The molecule has 0 saturated carbocycles. The molecule has 3 N–H and O–H groups in total. The van der Waals surface area contributed by atoms with Gasteiger partial charge in [0.15, 0.2) is 29.0 Å². The molecule has 2 aromatic heterocycles. The highest BCUT2D eigenvalue weighted by atomic mass is 32.1. The Kier molecular flexibility index (Phi) is 8.49. The van der Waals surface area contributed by atoms with Gasteiger partial charge in [0, 0.05) is 12.1 Å². The second kappa shape index (κ2) is 12.5. The predicted molar refractivity (Wildman–Crippen MR) is 155 cm³/mol. The molecule has 0 spiro atoms. The zero-order chi connectivity index (χ0) is 32.4. The molecule has 3 aromatic carbocycles. The van der Waals surface area contributed by atoms with Crippen LogP contribution in [0, 0.1) is 17.5 Å². The lowest BCUT2D eigenvalue weighted by molar-refractivity contribution is 0.0700. The normalized spacial score (nSPS) is 10.9. The maximum absolute atomic E-state index is 15.3. The van der Waals surface area contributed by atoms with E-state index in [4.69, 9.17) is 18.9 Å². The van der Waals surface area contributed by atoms with Crippen LogP contribution in [0.15, 0.2) is 64.2 Å². The van der Waals surface area contributed by atoms with Crippen LogP contribution in [0.2, 0.25) is 0 Å². The van der Waals surface area contributed by atoms with E-state index in [-0.39, 0.29) is 38.4 Å². The number of amides is 1. The lowest BCUT2D eigenvalue weighted by Gasteiger charge is -2.16. The van der Waals surface area contributed by atoms with Gasteiger partial charge in [-0.15, -0.1) is 0 Å². The first kappa shape index (κ1) is 30.7. The smallest absolute Gasteiger partial charge is 0.417 e. The molecular formula is C29H20F3N3O9S. The van der Waals surface area contributed by atoms with Gasteiger partial charge in [-0.1, -0.05) is 29.5 Å². The highest BCUT2D eigenvalue weighted by molar-refractivity contribution is 7.23. The largest absolute Gasteiger partial charge is 0.496 e. The van der Waals surface area contributed by atoms with Crippen LogP contribution in [-0.4, -0.2) is 40.9 Å². The van der Waals surface area contributed by atoms with Crippen LogP contribution >= 0.6 is 11.3 Å². The number of aromatic carboxylic acids is 1. The van der Waals surface area contributed by atoms with Crippen molar-refractivity contribution in [1.29, 1.82) is 0 Å². The molecule has 12 nitrogen and oxygen atoms in total. The van der Waals surface area contributed by atoms with Crippen molar-refractivity contribution in [2.75, 3.05) is 19.5 Å².